The minimum absolute atomic E-state index is 0.142. The number of carbonyl (C=O) groups is 6. The average Bonchev–Trinajstić information content (AvgIpc) is 1.53. The highest BCUT2D eigenvalue weighted by molar-refractivity contribution is 5.99. The number of benzene rings is 3. The van der Waals surface area contributed by atoms with Gasteiger partial charge in [-0.1, -0.05) is 288 Å². The number of rotatable bonds is 57. The zero-order valence-electron chi connectivity index (χ0n) is 61.3. The van der Waals surface area contributed by atoms with E-state index >= 15 is 0 Å². The topological polar surface area (TPSA) is 217 Å². The largest absolute Gasteiger partial charge is 0.493 e. The van der Waals surface area contributed by atoms with Crippen molar-refractivity contribution in [3.8, 4) is 11.5 Å². The van der Waals surface area contributed by atoms with E-state index in [2.05, 4.69) is 35.3 Å². The molecule has 0 saturated carbocycles. The van der Waals surface area contributed by atoms with Gasteiger partial charge in [-0.3, -0.25) is 30.0 Å². The number of ether oxygens (including phenoxy) is 4. The van der Waals surface area contributed by atoms with Gasteiger partial charge in [-0.05, 0) is 99.9 Å². The first-order valence-corrected chi connectivity index (χ1v) is 38.8. The van der Waals surface area contributed by atoms with Crippen molar-refractivity contribution >= 4 is 41.4 Å². The Hall–Kier alpha value is -6.16. The molecule has 16 nitrogen and oxygen atoms in total. The highest BCUT2D eigenvalue weighted by Gasteiger charge is 2.35. The van der Waals surface area contributed by atoms with Crippen LogP contribution in [0.3, 0.4) is 0 Å². The second-order valence-electron chi connectivity index (χ2n) is 28.4. The van der Waals surface area contributed by atoms with Crippen LogP contribution in [0.2, 0.25) is 0 Å². The van der Waals surface area contributed by atoms with Crippen LogP contribution in [0.1, 0.15) is 331 Å². The van der Waals surface area contributed by atoms with Gasteiger partial charge in [0.2, 0.25) is 11.8 Å². The van der Waals surface area contributed by atoms with Crippen molar-refractivity contribution in [2.24, 2.45) is 5.73 Å². The number of nitrogens with one attached hydrogen (secondary N) is 4. The standard InChI is InChI=1S/C81H132N6O10/c1-6-8-10-12-14-16-18-20-22-24-26-28-30-32-34-36-38-40-42-47-56-94-70-59-67(60-71(63-70)95-57-48-43-41-39-37-35-33-31-29-27-25-23-21-19-17-15-13-11-9-7-2)58-68-62-69(53-54-72(68)79(92)96-76(89)64-82)85-86-78(91)74-52-49-55-87(74)75(88)65-83-77(90)73(61-66-50-45-44-46-51-66)84-80(93)97-81(3,4)5/h44-46,50-51,53-54,59-60,62-63,73-74,85H,6-43,47-49,52,55-58,61,64-65,82H2,1-5H3,(H,83,90)(H,84,93)(H,86,91)/t73-,74-/m0/s1. The summed E-state index contributed by atoms with van der Waals surface area (Å²) >= 11 is 0. The van der Waals surface area contributed by atoms with E-state index in [0.717, 1.165) is 36.8 Å². The van der Waals surface area contributed by atoms with E-state index in [9.17, 15) is 28.8 Å². The molecule has 0 spiro atoms. The Morgan fingerprint density at radius 2 is 0.990 bits per heavy atom. The minimum atomic E-state index is -1.04. The van der Waals surface area contributed by atoms with E-state index in [1.807, 2.05) is 48.5 Å². The Morgan fingerprint density at radius 1 is 0.546 bits per heavy atom. The molecule has 0 bridgehead atoms. The summed E-state index contributed by atoms with van der Waals surface area (Å²) < 4.78 is 23.5. The minimum Gasteiger partial charge on any atom is -0.493 e. The molecule has 4 amide bonds. The lowest BCUT2D eigenvalue weighted by Crippen LogP contribution is -2.53. The summed E-state index contributed by atoms with van der Waals surface area (Å²) in [5, 5.41) is 5.32. The molecular formula is C81H132N6O10. The normalized spacial score (nSPS) is 13.3. The molecule has 4 rings (SSSR count). The van der Waals surface area contributed by atoms with Gasteiger partial charge in [0.05, 0.1) is 37.6 Å². The van der Waals surface area contributed by atoms with Crippen LogP contribution in [-0.4, -0.2) is 91.2 Å². The second-order valence-corrected chi connectivity index (χ2v) is 28.4. The molecule has 97 heavy (non-hydrogen) atoms. The molecule has 2 atom stereocenters. The van der Waals surface area contributed by atoms with Gasteiger partial charge in [-0.25, -0.2) is 9.59 Å². The van der Waals surface area contributed by atoms with Crippen molar-refractivity contribution in [3.63, 3.8) is 0 Å². The predicted molar refractivity (Wildman–Crippen MR) is 395 cm³/mol. The smallest absolute Gasteiger partial charge is 0.408 e. The number of alkyl carbamates (subject to hydrolysis) is 1. The molecule has 0 aliphatic carbocycles. The highest BCUT2D eigenvalue weighted by atomic mass is 16.6. The van der Waals surface area contributed by atoms with Crippen LogP contribution in [0.25, 0.3) is 0 Å². The highest BCUT2D eigenvalue weighted by Crippen LogP contribution is 2.29. The summed E-state index contributed by atoms with van der Waals surface area (Å²) in [6.07, 6.45) is 53.4. The third-order valence-electron chi connectivity index (χ3n) is 18.5. The zero-order valence-corrected chi connectivity index (χ0v) is 61.3. The number of hydrogen-bond acceptors (Lipinski definition) is 12. The maximum absolute atomic E-state index is 13.9. The lowest BCUT2D eigenvalue weighted by Gasteiger charge is -2.26. The van der Waals surface area contributed by atoms with Crippen LogP contribution in [0.4, 0.5) is 10.5 Å². The van der Waals surface area contributed by atoms with Gasteiger partial charge in [0.15, 0.2) is 0 Å². The number of nitrogens with zero attached hydrogens (tertiary/aromatic N) is 1. The summed E-state index contributed by atoms with van der Waals surface area (Å²) in [5.41, 5.74) is 13.2. The predicted octanol–water partition coefficient (Wildman–Crippen LogP) is 19.0. The molecule has 3 aromatic carbocycles. The number of hydrogen-bond donors (Lipinski definition) is 5. The molecule has 6 N–H and O–H groups in total. The average molecular weight is 1350 g/mol. The first-order valence-electron chi connectivity index (χ1n) is 38.8. The van der Waals surface area contributed by atoms with Gasteiger partial charge >= 0.3 is 18.0 Å². The van der Waals surface area contributed by atoms with Crippen LogP contribution in [0.5, 0.6) is 11.5 Å². The lowest BCUT2D eigenvalue weighted by atomic mass is 9.98. The first kappa shape index (κ1) is 83.3. The van der Waals surface area contributed by atoms with Crippen molar-refractivity contribution in [3.05, 3.63) is 89.0 Å². The fourth-order valence-corrected chi connectivity index (χ4v) is 12.9. The molecule has 1 aliphatic rings. The number of amides is 4. The Bertz CT molecular complexity index is 2550. The molecule has 16 heteroatoms. The summed E-state index contributed by atoms with van der Waals surface area (Å²) in [7, 11) is 0. The quantitative estimate of drug-likeness (QED) is 0.0154. The van der Waals surface area contributed by atoms with Crippen molar-refractivity contribution < 1.29 is 47.7 Å². The maximum atomic E-state index is 13.9. The third-order valence-corrected chi connectivity index (χ3v) is 18.5. The molecule has 546 valence electrons. The molecule has 0 aromatic heterocycles. The molecule has 1 heterocycles. The summed E-state index contributed by atoms with van der Waals surface area (Å²) in [5.74, 6) is -1.92. The Balaban J connectivity index is 1.32. The molecule has 1 aliphatic heterocycles. The zero-order chi connectivity index (χ0) is 69.8. The number of anilines is 1. The molecule has 1 fully saturated rings. The SMILES string of the molecule is CCCCCCCCCCCCCCCCCCCCCCOc1cc(Cc2cc(NNC(=O)[C@@H]3CCCN3C(=O)CNC(=O)[C@H](Cc3ccccc3)NC(=O)OC(C)(C)C)ccc2C(=O)OC(=O)CN)cc(OCCCCCCCCCCCCCCCCCCCCCC)c1. The van der Waals surface area contributed by atoms with Crippen molar-refractivity contribution in [1.82, 2.24) is 21.0 Å². The Morgan fingerprint density at radius 3 is 1.42 bits per heavy atom. The van der Waals surface area contributed by atoms with E-state index in [1.54, 1.807) is 32.9 Å². The fraction of sp³-hybridized carbons (Fsp3) is 0.704. The molecule has 1 saturated heterocycles. The number of hydrazine groups is 1. The first-order chi connectivity index (χ1) is 47.2. The molecule has 3 aromatic rings. The Kier molecular flexibility index (Phi) is 45.4. The Labute approximate surface area is 586 Å². The molecular weight excluding hydrogens is 1220 g/mol. The van der Waals surface area contributed by atoms with Crippen LogP contribution >= 0.6 is 0 Å². The van der Waals surface area contributed by atoms with Crippen LogP contribution < -0.4 is 36.7 Å². The second kappa shape index (κ2) is 52.8. The maximum Gasteiger partial charge on any atom is 0.408 e. The van der Waals surface area contributed by atoms with Gasteiger partial charge < -0.3 is 40.2 Å². The van der Waals surface area contributed by atoms with Gasteiger partial charge in [0.25, 0.3) is 5.91 Å². The van der Waals surface area contributed by atoms with E-state index in [-0.39, 0.29) is 18.4 Å². The van der Waals surface area contributed by atoms with Crippen molar-refractivity contribution in [2.45, 2.75) is 335 Å². The fourth-order valence-electron chi connectivity index (χ4n) is 12.9. The monoisotopic (exact) mass is 1350 g/mol. The summed E-state index contributed by atoms with van der Waals surface area (Å²) in [6, 6.07) is 18.0. The van der Waals surface area contributed by atoms with E-state index in [0.29, 0.717) is 55.4 Å². The van der Waals surface area contributed by atoms with Gasteiger partial charge in [0.1, 0.15) is 29.2 Å². The van der Waals surface area contributed by atoms with Crippen LogP contribution in [0.15, 0.2) is 66.7 Å². The van der Waals surface area contributed by atoms with Crippen LogP contribution in [0, 0.1) is 0 Å². The van der Waals surface area contributed by atoms with Gasteiger partial charge in [-0.2, -0.15) is 0 Å². The molecule has 0 radical (unpaired) electrons. The van der Waals surface area contributed by atoms with E-state index in [4.69, 9.17) is 24.7 Å². The lowest BCUT2D eigenvalue weighted by molar-refractivity contribution is -0.138. The number of unbranched alkanes of at least 4 members (excludes halogenated alkanes) is 38. The van der Waals surface area contributed by atoms with Crippen molar-refractivity contribution in [1.29, 1.82) is 0 Å². The summed E-state index contributed by atoms with van der Waals surface area (Å²) in [6.45, 7) is 10.3. The van der Waals surface area contributed by atoms with Crippen molar-refractivity contribution in [2.75, 3.05) is 38.3 Å². The number of likely N-dealkylation sites (tertiary alicyclic amines) is 1. The number of nitrogens with two attached hydrogens (primary N) is 1. The van der Waals surface area contributed by atoms with Gasteiger partial charge in [0, 0.05) is 19.0 Å². The van der Waals surface area contributed by atoms with Crippen LogP contribution in [-0.2, 0) is 41.5 Å². The van der Waals surface area contributed by atoms with Gasteiger partial charge in [-0.15, -0.1) is 0 Å². The van der Waals surface area contributed by atoms with E-state index < -0.39 is 66.5 Å². The molecule has 0 unspecified atom stereocenters. The number of carbonyl (C=O) groups excluding carboxylic acids is 6. The summed E-state index contributed by atoms with van der Waals surface area (Å²) in [4.78, 5) is 81.4. The third kappa shape index (κ3) is 39.9. The van der Waals surface area contributed by atoms with E-state index in [1.165, 1.54) is 242 Å². The number of esters is 2.